The van der Waals surface area contributed by atoms with Crippen molar-refractivity contribution in [2.24, 2.45) is 5.92 Å². The highest BCUT2D eigenvalue weighted by Gasteiger charge is 2.29. The van der Waals surface area contributed by atoms with Crippen LogP contribution in [0, 0.1) is 18.7 Å². The van der Waals surface area contributed by atoms with E-state index in [1.807, 2.05) is 54.3 Å². The molecule has 0 unspecified atom stereocenters. The van der Waals surface area contributed by atoms with Crippen molar-refractivity contribution < 1.29 is 9.18 Å². The van der Waals surface area contributed by atoms with E-state index in [2.05, 4.69) is 23.7 Å². The Balaban J connectivity index is 1.50. The largest absolute Gasteiger partial charge is 0.330 e. The van der Waals surface area contributed by atoms with E-state index < -0.39 is 0 Å². The maximum Gasteiger partial charge on any atom is 0.272 e. The molecule has 1 aliphatic heterocycles. The fourth-order valence-corrected chi connectivity index (χ4v) is 4.67. The van der Waals surface area contributed by atoms with Gasteiger partial charge in [0.25, 0.3) is 5.91 Å². The molecule has 1 amide bonds. The summed E-state index contributed by atoms with van der Waals surface area (Å²) in [7, 11) is 0. The summed E-state index contributed by atoms with van der Waals surface area (Å²) in [6.45, 7) is 10.2. The summed E-state index contributed by atoms with van der Waals surface area (Å²) in [4.78, 5) is 22.5. The highest BCUT2D eigenvalue weighted by atomic mass is 19.1. The zero-order valence-electron chi connectivity index (χ0n) is 21.1. The van der Waals surface area contributed by atoms with Gasteiger partial charge in [-0.2, -0.15) is 0 Å². The molecule has 0 aliphatic carbocycles. The van der Waals surface area contributed by atoms with E-state index in [4.69, 9.17) is 0 Å². The van der Waals surface area contributed by atoms with E-state index in [1.54, 1.807) is 18.3 Å². The van der Waals surface area contributed by atoms with Crippen molar-refractivity contribution in [3.63, 3.8) is 0 Å². The molecule has 4 rings (SSSR count). The van der Waals surface area contributed by atoms with Gasteiger partial charge in [0.1, 0.15) is 11.5 Å². The van der Waals surface area contributed by atoms with Gasteiger partial charge in [0, 0.05) is 31.9 Å². The molecule has 0 radical (unpaired) electrons. The molecular weight excluding hydrogens is 437 g/mol. The lowest BCUT2D eigenvalue weighted by Crippen LogP contribution is -2.47. The van der Waals surface area contributed by atoms with E-state index in [0.29, 0.717) is 18.2 Å². The van der Waals surface area contributed by atoms with Gasteiger partial charge in [-0.25, -0.2) is 4.39 Å². The number of halogens is 1. The van der Waals surface area contributed by atoms with Crippen LogP contribution in [-0.4, -0.2) is 46.4 Å². The number of piperidine rings is 1. The number of likely N-dealkylation sites (tertiary alicyclic amines) is 1. The molecule has 4 nitrogen and oxygen atoms in total. The van der Waals surface area contributed by atoms with Crippen molar-refractivity contribution in [1.29, 1.82) is 0 Å². The average molecular weight is 474 g/mol. The summed E-state index contributed by atoms with van der Waals surface area (Å²) in [6.07, 6.45) is 4.90. The molecule has 35 heavy (non-hydrogen) atoms. The molecule has 0 bridgehead atoms. The minimum absolute atomic E-state index is 0.0140. The number of pyridine rings is 1. The molecule has 0 N–H and O–H groups in total. The lowest BCUT2D eigenvalue weighted by molar-refractivity contribution is 0.0540. The molecule has 0 saturated carbocycles. The first kappa shape index (κ1) is 25.1. The van der Waals surface area contributed by atoms with Gasteiger partial charge >= 0.3 is 0 Å². The molecular formula is C30H36FN3O. The van der Waals surface area contributed by atoms with Gasteiger partial charge < -0.3 is 9.80 Å². The number of hydrogen-bond donors (Lipinski definition) is 0. The molecule has 3 aromatic rings. The Morgan fingerprint density at radius 1 is 1.06 bits per heavy atom. The van der Waals surface area contributed by atoms with Gasteiger partial charge in [0.05, 0.1) is 0 Å². The second kappa shape index (κ2) is 11.6. The molecule has 0 atom stereocenters. The van der Waals surface area contributed by atoms with Gasteiger partial charge in [-0.1, -0.05) is 56.3 Å². The fraction of sp³-hybridized carbons (Fsp3) is 0.400. The first-order chi connectivity index (χ1) is 16.9. The van der Waals surface area contributed by atoms with Crippen LogP contribution in [0.3, 0.4) is 0 Å². The summed E-state index contributed by atoms with van der Waals surface area (Å²) >= 11 is 0. The first-order valence-electron chi connectivity index (χ1n) is 12.7. The Morgan fingerprint density at radius 3 is 2.43 bits per heavy atom. The van der Waals surface area contributed by atoms with E-state index in [9.17, 15) is 9.18 Å². The lowest BCUT2D eigenvalue weighted by atomic mass is 9.99. The second-order valence-electron chi connectivity index (χ2n) is 10.1. The number of rotatable bonds is 8. The predicted octanol–water partition coefficient (Wildman–Crippen LogP) is 6.35. The fourth-order valence-electron chi connectivity index (χ4n) is 4.67. The SMILES string of the molecule is Cc1ccc(C(=O)N(Cc2ccc(-c3cccc(F)c3)cc2)C2CCN(CCC(C)C)CC2)nc1. The van der Waals surface area contributed by atoms with Crippen molar-refractivity contribution >= 4 is 5.91 Å². The van der Waals surface area contributed by atoms with Crippen LogP contribution >= 0.6 is 0 Å². The zero-order valence-corrected chi connectivity index (χ0v) is 21.1. The van der Waals surface area contributed by atoms with Crippen LogP contribution in [0.25, 0.3) is 11.1 Å². The van der Waals surface area contributed by atoms with Crippen LogP contribution in [0.15, 0.2) is 66.9 Å². The van der Waals surface area contributed by atoms with Crippen molar-refractivity contribution in [2.45, 2.75) is 52.6 Å². The second-order valence-corrected chi connectivity index (χ2v) is 10.1. The van der Waals surface area contributed by atoms with Crippen LogP contribution in [0.4, 0.5) is 4.39 Å². The van der Waals surface area contributed by atoms with Crippen molar-refractivity contribution in [1.82, 2.24) is 14.8 Å². The number of aryl methyl sites for hydroxylation is 1. The predicted molar refractivity (Wildman–Crippen MR) is 140 cm³/mol. The average Bonchev–Trinajstić information content (AvgIpc) is 2.87. The Labute approximate surface area is 208 Å². The Bertz CT molecular complexity index is 1100. The topological polar surface area (TPSA) is 36.4 Å². The number of hydrogen-bond acceptors (Lipinski definition) is 3. The minimum atomic E-state index is -0.242. The molecule has 5 heteroatoms. The van der Waals surface area contributed by atoms with Crippen LogP contribution in [0.1, 0.15) is 54.7 Å². The Kier molecular flexibility index (Phi) is 8.29. The number of benzene rings is 2. The highest BCUT2D eigenvalue weighted by Crippen LogP contribution is 2.24. The highest BCUT2D eigenvalue weighted by molar-refractivity contribution is 5.92. The monoisotopic (exact) mass is 473 g/mol. The molecule has 1 aromatic heterocycles. The maximum atomic E-state index is 13.6. The number of carbonyl (C=O) groups is 1. The third-order valence-electron chi connectivity index (χ3n) is 6.88. The number of nitrogens with zero attached hydrogens (tertiary/aromatic N) is 3. The quantitative estimate of drug-likeness (QED) is 0.383. The van der Waals surface area contributed by atoms with Gasteiger partial charge in [-0.05, 0) is 79.1 Å². The molecule has 184 valence electrons. The summed E-state index contributed by atoms with van der Waals surface area (Å²) in [6, 6.07) is 18.7. The molecule has 1 fully saturated rings. The van der Waals surface area contributed by atoms with Crippen molar-refractivity contribution in [3.8, 4) is 11.1 Å². The molecule has 2 aromatic carbocycles. The smallest absolute Gasteiger partial charge is 0.272 e. The molecule has 1 saturated heterocycles. The summed E-state index contributed by atoms with van der Waals surface area (Å²) in [5.74, 6) is 0.447. The molecule has 1 aliphatic rings. The van der Waals surface area contributed by atoms with Crippen LogP contribution in [0.2, 0.25) is 0 Å². The third kappa shape index (κ3) is 6.76. The Morgan fingerprint density at radius 2 is 1.80 bits per heavy atom. The lowest BCUT2D eigenvalue weighted by Gasteiger charge is -2.38. The normalized spacial score (nSPS) is 14.9. The zero-order chi connectivity index (χ0) is 24.8. The number of amides is 1. The van der Waals surface area contributed by atoms with E-state index in [-0.39, 0.29) is 17.8 Å². The van der Waals surface area contributed by atoms with Crippen LogP contribution in [-0.2, 0) is 6.54 Å². The summed E-state index contributed by atoms with van der Waals surface area (Å²) < 4.78 is 13.6. The van der Waals surface area contributed by atoms with Crippen LogP contribution in [0.5, 0.6) is 0 Å². The third-order valence-corrected chi connectivity index (χ3v) is 6.88. The molecule has 0 spiro atoms. The maximum absolute atomic E-state index is 13.6. The Hall–Kier alpha value is -3.05. The number of carbonyl (C=O) groups excluding carboxylic acids is 1. The van der Waals surface area contributed by atoms with E-state index in [0.717, 1.165) is 54.7 Å². The standard InChI is InChI=1S/C30H36FN3O/c1-22(2)13-16-33-17-14-28(15-18-33)34(30(35)29-12-7-23(3)20-32-29)21-24-8-10-25(11-9-24)26-5-4-6-27(31)19-26/h4-12,19-20,22,28H,13-18,21H2,1-3H3. The van der Waals surface area contributed by atoms with Gasteiger partial charge in [0.2, 0.25) is 0 Å². The van der Waals surface area contributed by atoms with Gasteiger partial charge in [-0.15, -0.1) is 0 Å². The summed E-state index contributed by atoms with van der Waals surface area (Å²) in [5, 5.41) is 0. The van der Waals surface area contributed by atoms with Gasteiger partial charge in [0.15, 0.2) is 0 Å². The molecule has 2 heterocycles. The first-order valence-corrected chi connectivity index (χ1v) is 12.7. The van der Waals surface area contributed by atoms with E-state index in [1.165, 1.54) is 12.5 Å². The summed E-state index contributed by atoms with van der Waals surface area (Å²) in [5.41, 5.74) is 4.41. The van der Waals surface area contributed by atoms with Crippen molar-refractivity contribution in [2.75, 3.05) is 19.6 Å². The van der Waals surface area contributed by atoms with Gasteiger partial charge in [-0.3, -0.25) is 9.78 Å². The number of aromatic nitrogens is 1. The van der Waals surface area contributed by atoms with E-state index >= 15 is 0 Å². The minimum Gasteiger partial charge on any atom is -0.330 e. The van der Waals surface area contributed by atoms with Crippen molar-refractivity contribution in [3.05, 3.63) is 89.5 Å². The van der Waals surface area contributed by atoms with Crippen LogP contribution < -0.4 is 0 Å².